The first-order valence-electron chi connectivity index (χ1n) is 6.24. The van der Waals surface area contributed by atoms with Crippen LogP contribution >= 0.6 is 11.6 Å². The molecule has 0 radical (unpaired) electrons. The number of aryl methyl sites for hydroxylation is 1. The zero-order chi connectivity index (χ0) is 13.7. The van der Waals surface area contributed by atoms with Crippen LogP contribution in [-0.2, 0) is 12.8 Å². The van der Waals surface area contributed by atoms with Crippen LogP contribution < -0.4 is 5.73 Å². The second-order valence-electron chi connectivity index (χ2n) is 4.56. The van der Waals surface area contributed by atoms with E-state index in [1.54, 1.807) is 18.3 Å². The van der Waals surface area contributed by atoms with Crippen LogP contribution in [0.5, 0.6) is 0 Å². The summed E-state index contributed by atoms with van der Waals surface area (Å²) < 4.78 is 13.6. The minimum Gasteiger partial charge on any atom is -0.327 e. The Morgan fingerprint density at radius 2 is 2.11 bits per heavy atom. The molecule has 1 aromatic carbocycles. The average molecular weight is 279 g/mol. The number of nitrogens with two attached hydrogens (primary N) is 1. The summed E-state index contributed by atoms with van der Waals surface area (Å²) in [4.78, 5) is 4.24. The van der Waals surface area contributed by atoms with Crippen LogP contribution in [0.15, 0.2) is 42.6 Å². The minimum absolute atomic E-state index is 0.102. The summed E-state index contributed by atoms with van der Waals surface area (Å²) in [5.41, 5.74) is 7.61. The molecule has 2 nitrogen and oxygen atoms in total. The summed E-state index contributed by atoms with van der Waals surface area (Å²) in [5, 5.41) is 0.535. The first kappa shape index (κ1) is 14.0. The molecule has 1 unspecified atom stereocenters. The monoisotopic (exact) mass is 278 g/mol. The standard InChI is InChI=1S/C15H16ClFN2/c16-12-4-7-15(17)11(9-12)10-13(18)5-6-14-3-1-2-8-19-14/h1-4,7-9,13H,5-6,10,18H2. The van der Waals surface area contributed by atoms with Gasteiger partial charge in [0.05, 0.1) is 0 Å². The van der Waals surface area contributed by atoms with Crippen molar-refractivity contribution >= 4 is 11.6 Å². The van der Waals surface area contributed by atoms with Gasteiger partial charge in [0.25, 0.3) is 0 Å². The Bertz CT molecular complexity index is 531. The normalized spacial score (nSPS) is 12.4. The molecule has 0 fully saturated rings. The van der Waals surface area contributed by atoms with Gasteiger partial charge in [-0.15, -0.1) is 0 Å². The molecule has 0 aliphatic rings. The highest BCUT2D eigenvalue weighted by Gasteiger charge is 2.09. The summed E-state index contributed by atoms with van der Waals surface area (Å²) in [5.74, 6) is -0.252. The molecular formula is C15H16ClFN2. The zero-order valence-electron chi connectivity index (χ0n) is 10.5. The number of pyridine rings is 1. The molecule has 19 heavy (non-hydrogen) atoms. The topological polar surface area (TPSA) is 38.9 Å². The van der Waals surface area contributed by atoms with Crippen molar-refractivity contribution in [2.45, 2.75) is 25.3 Å². The average Bonchev–Trinajstić information content (AvgIpc) is 2.42. The van der Waals surface area contributed by atoms with Crippen molar-refractivity contribution in [3.63, 3.8) is 0 Å². The Balaban J connectivity index is 1.90. The number of halogens is 2. The molecule has 1 aromatic heterocycles. The molecule has 1 atom stereocenters. The third kappa shape index (κ3) is 4.30. The lowest BCUT2D eigenvalue weighted by atomic mass is 10.0. The molecule has 4 heteroatoms. The highest BCUT2D eigenvalue weighted by atomic mass is 35.5. The van der Waals surface area contributed by atoms with E-state index in [-0.39, 0.29) is 11.9 Å². The fourth-order valence-corrected chi connectivity index (χ4v) is 2.16. The lowest BCUT2D eigenvalue weighted by Gasteiger charge is -2.12. The number of benzene rings is 1. The van der Waals surface area contributed by atoms with Crippen LogP contribution in [-0.4, -0.2) is 11.0 Å². The van der Waals surface area contributed by atoms with Crippen molar-refractivity contribution < 1.29 is 4.39 Å². The van der Waals surface area contributed by atoms with Crippen LogP contribution in [0.3, 0.4) is 0 Å². The van der Waals surface area contributed by atoms with Gasteiger partial charge in [0.15, 0.2) is 0 Å². The Hall–Kier alpha value is -1.45. The molecule has 0 spiro atoms. The van der Waals surface area contributed by atoms with Crippen molar-refractivity contribution in [3.8, 4) is 0 Å². The number of rotatable bonds is 5. The molecule has 0 aliphatic carbocycles. The molecule has 1 heterocycles. The van der Waals surface area contributed by atoms with Gasteiger partial charge in [0.2, 0.25) is 0 Å². The predicted octanol–water partition coefficient (Wildman–Crippen LogP) is 3.38. The molecule has 2 rings (SSSR count). The quantitative estimate of drug-likeness (QED) is 0.911. The summed E-state index contributed by atoms with van der Waals surface area (Å²) in [6.45, 7) is 0. The summed E-state index contributed by atoms with van der Waals surface area (Å²) in [7, 11) is 0. The molecule has 0 bridgehead atoms. The van der Waals surface area contributed by atoms with Gasteiger partial charge in [-0.1, -0.05) is 17.7 Å². The van der Waals surface area contributed by atoms with Crippen LogP contribution in [0.1, 0.15) is 17.7 Å². The van der Waals surface area contributed by atoms with Gasteiger partial charge in [0, 0.05) is 23.0 Å². The zero-order valence-corrected chi connectivity index (χ0v) is 11.3. The fraction of sp³-hybridized carbons (Fsp3) is 0.267. The van der Waals surface area contributed by atoms with E-state index in [0.29, 0.717) is 17.0 Å². The largest absolute Gasteiger partial charge is 0.327 e. The van der Waals surface area contributed by atoms with Gasteiger partial charge in [-0.25, -0.2) is 4.39 Å². The molecular weight excluding hydrogens is 263 g/mol. The maximum Gasteiger partial charge on any atom is 0.126 e. The minimum atomic E-state index is -0.252. The molecule has 2 aromatic rings. The van der Waals surface area contributed by atoms with E-state index in [2.05, 4.69) is 4.98 Å². The van der Waals surface area contributed by atoms with E-state index in [0.717, 1.165) is 18.5 Å². The SMILES string of the molecule is NC(CCc1ccccn1)Cc1cc(Cl)ccc1F. The molecule has 0 amide bonds. The van der Waals surface area contributed by atoms with Gasteiger partial charge in [-0.05, 0) is 55.2 Å². The molecule has 0 saturated carbocycles. The van der Waals surface area contributed by atoms with Crippen LogP contribution in [0.4, 0.5) is 4.39 Å². The van der Waals surface area contributed by atoms with Gasteiger partial charge >= 0.3 is 0 Å². The lowest BCUT2D eigenvalue weighted by molar-refractivity contribution is 0.564. The third-order valence-corrected chi connectivity index (χ3v) is 3.22. The van der Waals surface area contributed by atoms with Gasteiger partial charge < -0.3 is 5.73 Å². The van der Waals surface area contributed by atoms with E-state index < -0.39 is 0 Å². The molecule has 0 aliphatic heterocycles. The van der Waals surface area contributed by atoms with Crippen molar-refractivity contribution in [2.24, 2.45) is 5.73 Å². The fourth-order valence-electron chi connectivity index (χ4n) is 1.96. The summed E-state index contributed by atoms with van der Waals surface area (Å²) >= 11 is 5.86. The van der Waals surface area contributed by atoms with E-state index in [9.17, 15) is 4.39 Å². The van der Waals surface area contributed by atoms with Gasteiger partial charge in [-0.2, -0.15) is 0 Å². The Morgan fingerprint density at radius 3 is 2.84 bits per heavy atom. The third-order valence-electron chi connectivity index (χ3n) is 2.99. The second kappa shape index (κ2) is 6.64. The van der Waals surface area contributed by atoms with Crippen molar-refractivity contribution in [3.05, 3.63) is 64.7 Å². The van der Waals surface area contributed by atoms with Crippen molar-refractivity contribution in [1.29, 1.82) is 0 Å². The van der Waals surface area contributed by atoms with Crippen LogP contribution in [0, 0.1) is 5.82 Å². The Kier molecular flexibility index (Phi) is 4.88. The second-order valence-corrected chi connectivity index (χ2v) is 5.00. The van der Waals surface area contributed by atoms with Crippen molar-refractivity contribution in [1.82, 2.24) is 4.98 Å². The summed E-state index contributed by atoms with van der Waals surface area (Å²) in [6.07, 6.45) is 3.81. The first-order chi connectivity index (χ1) is 9.15. The van der Waals surface area contributed by atoms with E-state index in [1.165, 1.54) is 6.07 Å². The van der Waals surface area contributed by atoms with E-state index in [1.807, 2.05) is 18.2 Å². The van der Waals surface area contributed by atoms with Crippen LogP contribution in [0.2, 0.25) is 5.02 Å². The summed E-state index contributed by atoms with van der Waals surface area (Å²) in [6, 6.07) is 10.2. The number of hydrogen-bond acceptors (Lipinski definition) is 2. The number of hydrogen-bond donors (Lipinski definition) is 1. The van der Waals surface area contributed by atoms with E-state index in [4.69, 9.17) is 17.3 Å². The predicted molar refractivity (Wildman–Crippen MR) is 75.6 cm³/mol. The maximum atomic E-state index is 13.6. The highest BCUT2D eigenvalue weighted by molar-refractivity contribution is 6.30. The maximum absolute atomic E-state index is 13.6. The molecule has 100 valence electrons. The van der Waals surface area contributed by atoms with Gasteiger partial charge in [-0.3, -0.25) is 4.98 Å². The lowest BCUT2D eigenvalue weighted by Crippen LogP contribution is -2.24. The van der Waals surface area contributed by atoms with E-state index >= 15 is 0 Å². The molecule has 2 N–H and O–H groups in total. The molecule has 0 saturated heterocycles. The smallest absolute Gasteiger partial charge is 0.126 e. The van der Waals surface area contributed by atoms with Crippen LogP contribution in [0.25, 0.3) is 0 Å². The highest BCUT2D eigenvalue weighted by Crippen LogP contribution is 2.17. The number of nitrogens with zero attached hydrogens (tertiary/aromatic N) is 1. The number of aromatic nitrogens is 1. The van der Waals surface area contributed by atoms with Crippen molar-refractivity contribution in [2.75, 3.05) is 0 Å². The first-order valence-corrected chi connectivity index (χ1v) is 6.62. The Labute approximate surface area is 117 Å². The Morgan fingerprint density at radius 1 is 1.26 bits per heavy atom. The van der Waals surface area contributed by atoms with Gasteiger partial charge in [0.1, 0.15) is 5.82 Å².